The summed E-state index contributed by atoms with van der Waals surface area (Å²) >= 11 is 0. The lowest BCUT2D eigenvalue weighted by atomic mass is 10.2. The summed E-state index contributed by atoms with van der Waals surface area (Å²) in [4.78, 5) is 6.57. The Morgan fingerprint density at radius 2 is 1.97 bits per heavy atom. The van der Waals surface area contributed by atoms with Crippen LogP contribution in [0.3, 0.4) is 0 Å². The van der Waals surface area contributed by atoms with Crippen molar-refractivity contribution in [3.63, 3.8) is 0 Å². The SMILES string of the molecule is CN=C(NCc1cn(C)nc1C(F)(F)F)NCC1CCCN1Cc1ccccc1.I. The molecule has 1 aromatic heterocycles. The Kier molecular flexibility index (Phi) is 8.95. The van der Waals surface area contributed by atoms with Crippen LogP contribution in [0.15, 0.2) is 41.5 Å². The van der Waals surface area contributed by atoms with Gasteiger partial charge in [0.25, 0.3) is 0 Å². The molecule has 0 amide bonds. The first-order valence-corrected chi connectivity index (χ1v) is 9.69. The van der Waals surface area contributed by atoms with Gasteiger partial charge in [0.15, 0.2) is 11.7 Å². The van der Waals surface area contributed by atoms with Gasteiger partial charge in [-0.25, -0.2) is 0 Å². The van der Waals surface area contributed by atoms with Gasteiger partial charge < -0.3 is 10.6 Å². The molecule has 1 unspecified atom stereocenters. The molecule has 2 aromatic rings. The van der Waals surface area contributed by atoms with E-state index in [0.29, 0.717) is 18.5 Å². The molecule has 2 N–H and O–H groups in total. The molecule has 10 heteroatoms. The highest BCUT2D eigenvalue weighted by atomic mass is 127. The van der Waals surface area contributed by atoms with Crippen LogP contribution in [0.25, 0.3) is 0 Å². The van der Waals surface area contributed by atoms with Crippen LogP contribution < -0.4 is 10.6 Å². The Morgan fingerprint density at radius 1 is 1.23 bits per heavy atom. The van der Waals surface area contributed by atoms with Crippen molar-refractivity contribution < 1.29 is 13.2 Å². The van der Waals surface area contributed by atoms with Gasteiger partial charge in [0.05, 0.1) is 0 Å². The van der Waals surface area contributed by atoms with E-state index in [2.05, 4.69) is 37.8 Å². The number of halogens is 4. The quantitative estimate of drug-likeness (QED) is 0.338. The molecular weight excluding hydrogens is 508 g/mol. The minimum Gasteiger partial charge on any atom is -0.355 e. The van der Waals surface area contributed by atoms with Crippen LogP contribution in [0.2, 0.25) is 0 Å². The summed E-state index contributed by atoms with van der Waals surface area (Å²) in [5, 5.41) is 9.75. The van der Waals surface area contributed by atoms with E-state index in [1.807, 2.05) is 18.2 Å². The Bertz CT molecular complexity index is 822. The minimum atomic E-state index is -4.48. The average Bonchev–Trinajstić information content (AvgIpc) is 3.28. The lowest BCUT2D eigenvalue weighted by molar-refractivity contribution is -0.142. The third-order valence-corrected chi connectivity index (χ3v) is 5.08. The van der Waals surface area contributed by atoms with Crippen molar-refractivity contribution in [3.05, 3.63) is 53.3 Å². The number of hydrogen-bond donors (Lipinski definition) is 2. The molecule has 1 aliphatic heterocycles. The van der Waals surface area contributed by atoms with Gasteiger partial charge in [0, 0.05) is 51.5 Å². The van der Waals surface area contributed by atoms with Crippen LogP contribution in [0.5, 0.6) is 0 Å². The number of guanidine groups is 1. The van der Waals surface area contributed by atoms with Crippen molar-refractivity contribution in [3.8, 4) is 0 Å². The zero-order valence-corrected chi connectivity index (χ0v) is 19.4. The summed E-state index contributed by atoms with van der Waals surface area (Å²) in [5.74, 6) is 0.480. The lowest BCUT2D eigenvalue weighted by Gasteiger charge is -2.25. The van der Waals surface area contributed by atoms with Crippen LogP contribution in [0.1, 0.15) is 29.7 Å². The number of aromatic nitrogens is 2. The lowest BCUT2D eigenvalue weighted by Crippen LogP contribution is -2.44. The highest BCUT2D eigenvalue weighted by Gasteiger charge is 2.36. The van der Waals surface area contributed by atoms with Crippen molar-refractivity contribution in [2.75, 3.05) is 20.1 Å². The Balaban J connectivity index is 0.00000320. The molecule has 1 saturated heterocycles. The molecule has 30 heavy (non-hydrogen) atoms. The summed E-state index contributed by atoms with van der Waals surface area (Å²) in [6.07, 6.45) is -0.883. The fourth-order valence-electron chi connectivity index (χ4n) is 3.67. The second-order valence-electron chi connectivity index (χ2n) is 7.23. The maximum absolute atomic E-state index is 13.1. The first-order valence-electron chi connectivity index (χ1n) is 9.69. The summed E-state index contributed by atoms with van der Waals surface area (Å²) in [6, 6.07) is 10.7. The number of rotatable bonds is 6. The molecule has 0 spiro atoms. The van der Waals surface area contributed by atoms with Crippen molar-refractivity contribution in [1.29, 1.82) is 0 Å². The molecule has 0 saturated carbocycles. The Labute approximate surface area is 191 Å². The third-order valence-electron chi connectivity index (χ3n) is 5.08. The van der Waals surface area contributed by atoms with Gasteiger partial charge in [-0.15, -0.1) is 24.0 Å². The molecular formula is C20H28F3IN6. The summed E-state index contributed by atoms with van der Waals surface area (Å²) in [5.41, 5.74) is 0.500. The second kappa shape index (κ2) is 11.0. The van der Waals surface area contributed by atoms with Gasteiger partial charge in [-0.3, -0.25) is 14.6 Å². The molecule has 0 aliphatic carbocycles. The van der Waals surface area contributed by atoms with Gasteiger partial charge in [0.2, 0.25) is 0 Å². The van der Waals surface area contributed by atoms with E-state index < -0.39 is 11.9 Å². The summed E-state index contributed by atoms with van der Waals surface area (Å²) < 4.78 is 40.4. The second-order valence-corrected chi connectivity index (χ2v) is 7.23. The van der Waals surface area contributed by atoms with E-state index in [4.69, 9.17) is 0 Å². The minimum absolute atomic E-state index is 0. The van der Waals surface area contributed by atoms with Gasteiger partial charge in [-0.2, -0.15) is 18.3 Å². The van der Waals surface area contributed by atoms with Crippen molar-refractivity contribution in [2.45, 2.75) is 38.1 Å². The largest absolute Gasteiger partial charge is 0.435 e. The van der Waals surface area contributed by atoms with Crippen molar-refractivity contribution >= 4 is 29.9 Å². The predicted octanol–water partition coefficient (Wildman–Crippen LogP) is 3.39. The molecule has 1 atom stereocenters. The fourth-order valence-corrected chi connectivity index (χ4v) is 3.67. The third kappa shape index (κ3) is 6.59. The highest BCUT2D eigenvalue weighted by molar-refractivity contribution is 14.0. The number of benzene rings is 1. The number of nitrogens with zero attached hydrogens (tertiary/aromatic N) is 4. The molecule has 1 fully saturated rings. The topological polar surface area (TPSA) is 57.5 Å². The summed E-state index contributed by atoms with van der Waals surface area (Å²) in [7, 11) is 3.09. The number of aryl methyl sites for hydroxylation is 1. The molecule has 6 nitrogen and oxygen atoms in total. The van der Waals surface area contributed by atoms with E-state index in [1.165, 1.54) is 23.5 Å². The van der Waals surface area contributed by atoms with Crippen molar-refractivity contribution in [2.24, 2.45) is 12.0 Å². The monoisotopic (exact) mass is 536 g/mol. The molecule has 3 rings (SSSR count). The molecule has 1 aliphatic rings. The zero-order valence-electron chi connectivity index (χ0n) is 17.1. The van der Waals surface area contributed by atoms with Gasteiger partial charge in [-0.05, 0) is 24.9 Å². The van der Waals surface area contributed by atoms with Gasteiger partial charge in [-0.1, -0.05) is 30.3 Å². The Morgan fingerprint density at radius 3 is 2.63 bits per heavy atom. The summed E-state index contributed by atoms with van der Waals surface area (Å²) in [6.45, 7) is 2.62. The fraction of sp³-hybridized carbons (Fsp3) is 0.500. The van der Waals surface area contributed by atoms with E-state index >= 15 is 0 Å². The standard InChI is InChI=1S/C20H27F3N6.HI/c1-24-19(25-11-16-14-28(2)27-18(16)20(21,22)23)26-12-17-9-6-10-29(17)13-15-7-4-3-5-8-15;/h3-5,7-8,14,17H,6,9-13H2,1-2H3,(H2,24,25,26);1H. The van der Waals surface area contributed by atoms with E-state index in [0.717, 1.165) is 25.9 Å². The number of alkyl halides is 3. The number of likely N-dealkylation sites (tertiary alicyclic amines) is 1. The zero-order chi connectivity index (χ0) is 20.9. The Hall–Kier alpha value is -1.82. The first kappa shape index (κ1) is 24.4. The molecule has 0 radical (unpaired) electrons. The van der Waals surface area contributed by atoms with Gasteiger partial charge >= 0.3 is 6.18 Å². The van der Waals surface area contributed by atoms with E-state index in [1.54, 1.807) is 7.05 Å². The van der Waals surface area contributed by atoms with Crippen LogP contribution in [0.4, 0.5) is 13.2 Å². The molecule has 1 aromatic carbocycles. The van der Waals surface area contributed by atoms with Crippen LogP contribution in [0, 0.1) is 0 Å². The first-order chi connectivity index (χ1) is 13.9. The number of hydrogen-bond acceptors (Lipinski definition) is 3. The predicted molar refractivity (Wildman–Crippen MR) is 122 cm³/mol. The smallest absolute Gasteiger partial charge is 0.355 e. The molecule has 0 bridgehead atoms. The van der Waals surface area contributed by atoms with Crippen LogP contribution in [-0.2, 0) is 26.3 Å². The van der Waals surface area contributed by atoms with E-state index in [-0.39, 0.29) is 36.1 Å². The maximum atomic E-state index is 13.1. The number of nitrogens with one attached hydrogen (secondary N) is 2. The average molecular weight is 536 g/mol. The number of aliphatic imine (C=N–C) groups is 1. The van der Waals surface area contributed by atoms with E-state index in [9.17, 15) is 13.2 Å². The van der Waals surface area contributed by atoms with Gasteiger partial charge in [0.1, 0.15) is 0 Å². The molecule has 2 heterocycles. The van der Waals surface area contributed by atoms with Crippen molar-refractivity contribution in [1.82, 2.24) is 25.3 Å². The normalized spacial score (nSPS) is 17.6. The van der Waals surface area contributed by atoms with Crippen LogP contribution >= 0.6 is 24.0 Å². The molecule has 166 valence electrons. The maximum Gasteiger partial charge on any atom is 0.435 e. The highest BCUT2D eigenvalue weighted by Crippen LogP contribution is 2.30. The van der Waals surface area contributed by atoms with Crippen LogP contribution in [-0.4, -0.2) is 46.8 Å².